The van der Waals surface area contributed by atoms with Crippen molar-refractivity contribution in [2.45, 2.75) is 6.92 Å². The molecule has 0 atom stereocenters. The zero-order valence-electron chi connectivity index (χ0n) is 12.0. The van der Waals surface area contributed by atoms with E-state index in [0.29, 0.717) is 25.4 Å². The lowest BCUT2D eigenvalue weighted by Gasteiger charge is -2.08. The molecule has 0 spiro atoms. The highest BCUT2D eigenvalue weighted by Crippen LogP contribution is 2.14. The van der Waals surface area contributed by atoms with E-state index in [1.165, 1.54) is 0 Å². The predicted octanol–water partition coefficient (Wildman–Crippen LogP) is 3.35. The molecule has 2 rings (SSSR count). The van der Waals surface area contributed by atoms with E-state index in [-0.39, 0.29) is 5.91 Å². The number of hydrogen-bond acceptors (Lipinski definition) is 3. The SMILES string of the molecule is CCOCCOc1ccc(C(=O)Nc2ccccc2)cc1. The quantitative estimate of drug-likeness (QED) is 0.794. The van der Waals surface area contributed by atoms with Crippen LogP contribution >= 0.6 is 0 Å². The standard InChI is InChI=1S/C17H19NO3/c1-2-20-12-13-21-16-10-8-14(9-11-16)17(19)18-15-6-4-3-5-7-15/h3-11H,2,12-13H2,1H3,(H,18,19). The summed E-state index contributed by atoms with van der Waals surface area (Å²) in [6.45, 7) is 3.69. The van der Waals surface area contributed by atoms with E-state index in [4.69, 9.17) is 9.47 Å². The molecule has 2 aromatic carbocycles. The average molecular weight is 285 g/mol. The number of amides is 1. The Balaban J connectivity index is 1.88. The number of carbonyl (C=O) groups excluding carboxylic acids is 1. The Morgan fingerprint density at radius 1 is 1.00 bits per heavy atom. The van der Waals surface area contributed by atoms with Crippen molar-refractivity contribution in [2.75, 3.05) is 25.1 Å². The van der Waals surface area contributed by atoms with Crippen LogP contribution in [0.5, 0.6) is 5.75 Å². The van der Waals surface area contributed by atoms with Crippen LogP contribution in [0.4, 0.5) is 5.69 Å². The van der Waals surface area contributed by atoms with Crippen molar-refractivity contribution < 1.29 is 14.3 Å². The maximum absolute atomic E-state index is 12.1. The number of anilines is 1. The molecule has 0 radical (unpaired) electrons. The van der Waals surface area contributed by atoms with Gasteiger partial charge in [-0.15, -0.1) is 0 Å². The number of benzene rings is 2. The lowest BCUT2D eigenvalue weighted by atomic mass is 10.2. The molecule has 1 amide bonds. The van der Waals surface area contributed by atoms with E-state index in [9.17, 15) is 4.79 Å². The summed E-state index contributed by atoms with van der Waals surface area (Å²) in [6.07, 6.45) is 0. The molecule has 0 aliphatic carbocycles. The van der Waals surface area contributed by atoms with Gasteiger partial charge in [0.2, 0.25) is 0 Å². The van der Waals surface area contributed by atoms with E-state index in [0.717, 1.165) is 11.4 Å². The first-order valence-electron chi connectivity index (χ1n) is 6.96. The second-order valence-electron chi connectivity index (χ2n) is 4.39. The number of para-hydroxylation sites is 1. The molecule has 0 heterocycles. The summed E-state index contributed by atoms with van der Waals surface area (Å²) in [5, 5.41) is 2.84. The van der Waals surface area contributed by atoms with Crippen LogP contribution in [0.15, 0.2) is 54.6 Å². The molecule has 0 aromatic heterocycles. The number of ether oxygens (including phenoxy) is 2. The van der Waals surface area contributed by atoms with Crippen LogP contribution in [0.25, 0.3) is 0 Å². The summed E-state index contributed by atoms with van der Waals surface area (Å²) in [7, 11) is 0. The van der Waals surface area contributed by atoms with Crippen molar-refractivity contribution >= 4 is 11.6 Å². The first kappa shape index (κ1) is 15.1. The third kappa shape index (κ3) is 4.93. The molecule has 21 heavy (non-hydrogen) atoms. The van der Waals surface area contributed by atoms with Crippen molar-refractivity contribution in [3.8, 4) is 5.75 Å². The molecule has 0 saturated carbocycles. The fraction of sp³-hybridized carbons (Fsp3) is 0.235. The van der Waals surface area contributed by atoms with Crippen LogP contribution in [0, 0.1) is 0 Å². The van der Waals surface area contributed by atoms with Crippen molar-refractivity contribution in [1.82, 2.24) is 0 Å². The Kier molecular flexibility index (Phi) is 5.79. The van der Waals surface area contributed by atoms with Gasteiger partial charge in [-0.1, -0.05) is 18.2 Å². The second kappa shape index (κ2) is 8.07. The minimum atomic E-state index is -0.137. The summed E-state index contributed by atoms with van der Waals surface area (Å²) >= 11 is 0. The monoisotopic (exact) mass is 285 g/mol. The van der Waals surface area contributed by atoms with Crippen LogP contribution < -0.4 is 10.1 Å². The molecular formula is C17H19NO3. The van der Waals surface area contributed by atoms with Crippen molar-refractivity contribution in [3.05, 3.63) is 60.2 Å². The molecule has 0 bridgehead atoms. The molecule has 1 N–H and O–H groups in total. The van der Waals surface area contributed by atoms with Gasteiger partial charge in [-0.25, -0.2) is 0 Å². The molecule has 0 unspecified atom stereocenters. The van der Waals surface area contributed by atoms with Gasteiger partial charge in [-0.05, 0) is 43.3 Å². The van der Waals surface area contributed by atoms with Gasteiger partial charge < -0.3 is 14.8 Å². The molecule has 4 heteroatoms. The topological polar surface area (TPSA) is 47.6 Å². The van der Waals surface area contributed by atoms with E-state index in [2.05, 4.69) is 5.32 Å². The van der Waals surface area contributed by atoms with Crippen LogP contribution in [0.3, 0.4) is 0 Å². The highest BCUT2D eigenvalue weighted by Gasteiger charge is 2.05. The number of hydrogen-bond donors (Lipinski definition) is 1. The van der Waals surface area contributed by atoms with Crippen molar-refractivity contribution in [1.29, 1.82) is 0 Å². The Hall–Kier alpha value is -2.33. The fourth-order valence-electron chi connectivity index (χ4n) is 1.79. The maximum Gasteiger partial charge on any atom is 0.255 e. The Morgan fingerprint density at radius 2 is 1.71 bits per heavy atom. The van der Waals surface area contributed by atoms with E-state index in [1.807, 2.05) is 37.3 Å². The van der Waals surface area contributed by atoms with Crippen LogP contribution in [-0.2, 0) is 4.74 Å². The van der Waals surface area contributed by atoms with Gasteiger partial charge in [0.25, 0.3) is 5.91 Å². The predicted molar refractivity (Wildman–Crippen MR) is 82.8 cm³/mol. The summed E-state index contributed by atoms with van der Waals surface area (Å²) in [6, 6.07) is 16.4. The van der Waals surface area contributed by atoms with Crippen molar-refractivity contribution in [2.24, 2.45) is 0 Å². The molecule has 0 aliphatic rings. The third-order valence-electron chi connectivity index (χ3n) is 2.85. The summed E-state index contributed by atoms with van der Waals surface area (Å²) < 4.78 is 10.7. The van der Waals surface area contributed by atoms with E-state index >= 15 is 0 Å². The average Bonchev–Trinajstić information content (AvgIpc) is 2.53. The highest BCUT2D eigenvalue weighted by atomic mass is 16.5. The van der Waals surface area contributed by atoms with Gasteiger partial charge in [0.1, 0.15) is 12.4 Å². The van der Waals surface area contributed by atoms with E-state index in [1.54, 1.807) is 24.3 Å². The van der Waals surface area contributed by atoms with Gasteiger partial charge in [-0.3, -0.25) is 4.79 Å². The molecule has 0 fully saturated rings. The second-order valence-corrected chi connectivity index (χ2v) is 4.39. The molecule has 2 aromatic rings. The minimum Gasteiger partial charge on any atom is -0.491 e. The number of nitrogens with one attached hydrogen (secondary N) is 1. The maximum atomic E-state index is 12.1. The Bertz CT molecular complexity index is 552. The van der Waals surface area contributed by atoms with Gasteiger partial charge in [0, 0.05) is 17.9 Å². The Morgan fingerprint density at radius 3 is 2.38 bits per heavy atom. The molecule has 110 valence electrons. The van der Waals surface area contributed by atoms with Crippen LogP contribution in [-0.4, -0.2) is 25.7 Å². The minimum absolute atomic E-state index is 0.137. The summed E-state index contributed by atoms with van der Waals surface area (Å²) in [5.41, 5.74) is 1.37. The first-order valence-corrected chi connectivity index (χ1v) is 6.96. The molecule has 0 saturated heterocycles. The lowest BCUT2D eigenvalue weighted by molar-refractivity contribution is 0.102. The van der Waals surface area contributed by atoms with Crippen LogP contribution in [0.1, 0.15) is 17.3 Å². The summed E-state index contributed by atoms with van der Waals surface area (Å²) in [4.78, 5) is 12.1. The van der Waals surface area contributed by atoms with Gasteiger partial charge in [0.05, 0.1) is 6.61 Å². The Labute approximate surface area is 124 Å². The highest BCUT2D eigenvalue weighted by molar-refractivity contribution is 6.04. The van der Waals surface area contributed by atoms with Gasteiger partial charge in [0.15, 0.2) is 0 Å². The zero-order valence-corrected chi connectivity index (χ0v) is 12.0. The largest absolute Gasteiger partial charge is 0.491 e. The normalized spacial score (nSPS) is 10.1. The number of rotatable bonds is 7. The first-order chi connectivity index (χ1) is 10.3. The molecule has 4 nitrogen and oxygen atoms in total. The molecule has 0 aliphatic heterocycles. The number of carbonyl (C=O) groups is 1. The van der Waals surface area contributed by atoms with Gasteiger partial charge in [-0.2, -0.15) is 0 Å². The smallest absolute Gasteiger partial charge is 0.255 e. The van der Waals surface area contributed by atoms with E-state index < -0.39 is 0 Å². The van der Waals surface area contributed by atoms with Gasteiger partial charge >= 0.3 is 0 Å². The summed E-state index contributed by atoms with van der Waals surface area (Å²) in [5.74, 6) is 0.591. The molecular weight excluding hydrogens is 266 g/mol. The zero-order chi connectivity index (χ0) is 14.9. The fourth-order valence-corrected chi connectivity index (χ4v) is 1.79. The third-order valence-corrected chi connectivity index (χ3v) is 2.85. The van der Waals surface area contributed by atoms with Crippen molar-refractivity contribution in [3.63, 3.8) is 0 Å². The van der Waals surface area contributed by atoms with Crippen LogP contribution in [0.2, 0.25) is 0 Å². The lowest BCUT2D eigenvalue weighted by Crippen LogP contribution is -2.11.